The van der Waals surface area contributed by atoms with Crippen molar-refractivity contribution in [3.05, 3.63) is 57.1 Å². The number of hydrogen-bond acceptors (Lipinski definition) is 9. The second-order valence-corrected chi connectivity index (χ2v) is 11.1. The smallest absolute Gasteiger partial charge is 0.284 e. The molecule has 0 unspecified atom stereocenters. The van der Waals surface area contributed by atoms with Crippen molar-refractivity contribution in [3.63, 3.8) is 0 Å². The third-order valence-electron chi connectivity index (χ3n) is 4.89. The third kappa shape index (κ3) is 5.84. The number of thiazole rings is 1. The third-order valence-corrected chi connectivity index (χ3v) is 6.72. The Kier molecular flexibility index (Phi) is 6.50. The van der Waals surface area contributed by atoms with Gasteiger partial charge >= 0.3 is 0 Å². The molecule has 1 aliphatic rings. The lowest BCUT2D eigenvalue weighted by Crippen LogP contribution is -2.30. The number of nitrogens with zero attached hydrogens (tertiary/aromatic N) is 4. The van der Waals surface area contributed by atoms with Crippen molar-refractivity contribution in [2.24, 2.45) is 0 Å². The first-order valence-corrected chi connectivity index (χ1v) is 13.1. The van der Waals surface area contributed by atoms with Gasteiger partial charge in [0.05, 0.1) is 12.8 Å². The molecule has 4 rings (SSSR count). The van der Waals surface area contributed by atoms with Crippen LogP contribution in [0.4, 0.5) is 5.13 Å². The molecule has 0 radical (unpaired) electrons. The standard InChI is InChI=1S/C20H22ClN5O4S2/c1-12-17(19(27)25-32(2,28)29)23-20(31-12)26(10-9-13-3-7-15(21)8-4-13)11-16-22-18(24-30-16)14-5-6-14/h3-4,7-8,14H,5-6,9-11H2,1-2H3,(H,25,27). The Bertz CT molecular complexity index is 1220. The van der Waals surface area contributed by atoms with Gasteiger partial charge in [0.2, 0.25) is 15.9 Å². The summed E-state index contributed by atoms with van der Waals surface area (Å²) in [5.74, 6) is 0.821. The summed E-state index contributed by atoms with van der Waals surface area (Å²) < 4.78 is 30.3. The van der Waals surface area contributed by atoms with E-state index in [1.807, 2.05) is 33.9 Å². The van der Waals surface area contributed by atoms with Crippen molar-refractivity contribution in [2.45, 2.75) is 38.6 Å². The second-order valence-electron chi connectivity index (χ2n) is 7.72. The number of aryl methyl sites for hydroxylation is 1. The van der Waals surface area contributed by atoms with Crippen molar-refractivity contribution in [2.75, 3.05) is 17.7 Å². The number of aromatic nitrogens is 3. The summed E-state index contributed by atoms with van der Waals surface area (Å²) in [4.78, 5) is 23.8. The maximum atomic E-state index is 12.4. The molecule has 9 nitrogen and oxygen atoms in total. The Hall–Kier alpha value is -2.50. The summed E-state index contributed by atoms with van der Waals surface area (Å²) in [6.07, 6.45) is 3.77. The van der Waals surface area contributed by atoms with Gasteiger partial charge in [0.1, 0.15) is 5.69 Å². The van der Waals surface area contributed by atoms with Crippen LogP contribution in [0, 0.1) is 6.92 Å². The Balaban J connectivity index is 1.56. The number of carbonyl (C=O) groups excluding carboxylic acids is 1. The van der Waals surface area contributed by atoms with Crippen LogP contribution in [0.1, 0.15) is 51.4 Å². The number of sulfonamides is 1. The van der Waals surface area contributed by atoms with Crippen LogP contribution in [0.25, 0.3) is 0 Å². The molecule has 1 aromatic carbocycles. The minimum Gasteiger partial charge on any atom is -0.338 e. The molecule has 1 amide bonds. The van der Waals surface area contributed by atoms with Crippen LogP contribution in [0.15, 0.2) is 28.8 Å². The molecular weight excluding hydrogens is 474 g/mol. The van der Waals surface area contributed by atoms with Crippen LogP contribution in [0.5, 0.6) is 0 Å². The number of carbonyl (C=O) groups is 1. The van der Waals surface area contributed by atoms with Gasteiger partial charge in [-0.25, -0.2) is 18.1 Å². The number of halogens is 1. The number of benzene rings is 1. The van der Waals surface area contributed by atoms with E-state index >= 15 is 0 Å². The monoisotopic (exact) mass is 495 g/mol. The lowest BCUT2D eigenvalue weighted by Gasteiger charge is -2.20. The van der Waals surface area contributed by atoms with Crippen LogP contribution in [-0.4, -0.2) is 42.3 Å². The fraction of sp³-hybridized carbons (Fsp3) is 0.400. The van der Waals surface area contributed by atoms with Gasteiger partial charge in [-0.15, -0.1) is 11.3 Å². The Morgan fingerprint density at radius 1 is 1.28 bits per heavy atom. The summed E-state index contributed by atoms with van der Waals surface area (Å²) in [6.45, 7) is 2.63. The van der Waals surface area contributed by atoms with E-state index in [1.165, 1.54) is 11.3 Å². The van der Waals surface area contributed by atoms with Gasteiger partial charge in [0.15, 0.2) is 11.0 Å². The lowest BCUT2D eigenvalue weighted by atomic mass is 10.1. The van der Waals surface area contributed by atoms with E-state index in [-0.39, 0.29) is 5.69 Å². The largest absolute Gasteiger partial charge is 0.338 e. The lowest BCUT2D eigenvalue weighted by molar-refractivity contribution is 0.0977. The minimum atomic E-state index is -3.69. The zero-order valence-electron chi connectivity index (χ0n) is 17.5. The van der Waals surface area contributed by atoms with Crippen LogP contribution >= 0.6 is 22.9 Å². The number of amides is 1. The maximum Gasteiger partial charge on any atom is 0.284 e. The number of nitrogens with one attached hydrogen (secondary N) is 1. The molecule has 1 fully saturated rings. The molecule has 1 aliphatic carbocycles. The fourth-order valence-electron chi connectivity index (χ4n) is 3.11. The molecule has 1 N–H and O–H groups in total. The molecule has 2 heterocycles. The van der Waals surface area contributed by atoms with Crippen LogP contribution in [0.2, 0.25) is 5.02 Å². The molecular formula is C20H22ClN5O4S2. The van der Waals surface area contributed by atoms with Crippen molar-refractivity contribution < 1.29 is 17.7 Å². The normalized spacial score (nSPS) is 13.8. The Labute approximate surface area is 194 Å². The van der Waals surface area contributed by atoms with E-state index in [1.54, 1.807) is 6.92 Å². The van der Waals surface area contributed by atoms with E-state index in [0.29, 0.717) is 46.4 Å². The molecule has 0 spiro atoms. The Morgan fingerprint density at radius 3 is 2.66 bits per heavy atom. The molecule has 170 valence electrons. The Morgan fingerprint density at radius 2 is 2.00 bits per heavy atom. The zero-order valence-corrected chi connectivity index (χ0v) is 19.9. The van der Waals surface area contributed by atoms with Crippen molar-refractivity contribution in [1.29, 1.82) is 0 Å². The summed E-state index contributed by atoms with van der Waals surface area (Å²) in [6, 6.07) is 7.58. The van der Waals surface area contributed by atoms with Gasteiger partial charge < -0.3 is 9.42 Å². The van der Waals surface area contributed by atoms with Gasteiger partial charge in [-0.05, 0) is 43.9 Å². The highest BCUT2D eigenvalue weighted by molar-refractivity contribution is 7.89. The average molecular weight is 496 g/mol. The summed E-state index contributed by atoms with van der Waals surface area (Å²) in [7, 11) is -3.69. The van der Waals surface area contributed by atoms with Crippen molar-refractivity contribution >= 4 is 44.0 Å². The predicted molar refractivity (Wildman–Crippen MR) is 122 cm³/mol. The quantitative estimate of drug-likeness (QED) is 0.480. The molecule has 32 heavy (non-hydrogen) atoms. The van der Waals surface area contributed by atoms with Gasteiger partial charge in [-0.2, -0.15) is 4.98 Å². The second kappa shape index (κ2) is 9.16. The zero-order chi connectivity index (χ0) is 22.9. The summed E-state index contributed by atoms with van der Waals surface area (Å²) >= 11 is 7.29. The van der Waals surface area contributed by atoms with E-state index in [0.717, 1.165) is 30.5 Å². The summed E-state index contributed by atoms with van der Waals surface area (Å²) in [5, 5.41) is 5.31. The van der Waals surface area contributed by atoms with Crippen molar-refractivity contribution in [1.82, 2.24) is 19.8 Å². The van der Waals surface area contributed by atoms with E-state index < -0.39 is 15.9 Å². The highest BCUT2D eigenvalue weighted by Gasteiger charge is 2.29. The van der Waals surface area contributed by atoms with Crippen LogP contribution in [0.3, 0.4) is 0 Å². The van der Waals surface area contributed by atoms with Gasteiger partial charge in [-0.3, -0.25) is 4.79 Å². The topological polar surface area (TPSA) is 118 Å². The first-order valence-electron chi connectivity index (χ1n) is 9.99. The average Bonchev–Trinajstić information content (AvgIpc) is 3.33. The van der Waals surface area contributed by atoms with E-state index in [4.69, 9.17) is 16.1 Å². The van der Waals surface area contributed by atoms with Crippen molar-refractivity contribution in [3.8, 4) is 0 Å². The molecule has 0 bridgehead atoms. The summed E-state index contributed by atoms with van der Waals surface area (Å²) in [5.41, 5.74) is 1.17. The first kappa shape index (κ1) is 22.7. The van der Waals surface area contributed by atoms with Gasteiger partial charge in [0, 0.05) is 22.4 Å². The molecule has 0 aliphatic heterocycles. The van der Waals surface area contributed by atoms with E-state index in [9.17, 15) is 13.2 Å². The first-order chi connectivity index (χ1) is 15.2. The van der Waals surface area contributed by atoms with Crippen LogP contribution < -0.4 is 9.62 Å². The molecule has 2 aromatic heterocycles. The highest BCUT2D eigenvalue weighted by atomic mass is 35.5. The molecule has 1 saturated carbocycles. The number of rotatable bonds is 9. The van der Waals surface area contributed by atoms with Crippen LogP contribution in [-0.2, 0) is 23.0 Å². The minimum absolute atomic E-state index is 0.0797. The number of hydrogen-bond donors (Lipinski definition) is 1. The molecule has 0 atom stereocenters. The molecule has 0 saturated heterocycles. The SMILES string of the molecule is Cc1sc(N(CCc2ccc(Cl)cc2)Cc2nc(C3CC3)no2)nc1C(=O)NS(C)(=O)=O. The van der Waals surface area contributed by atoms with Gasteiger partial charge in [-0.1, -0.05) is 28.9 Å². The highest BCUT2D eigenvalue weighted by Crippen LogP contribution is 2.38. The number of anilines is 1. The molecule has 3 aromatic rings. The maximum absolute atomic E-state index is 12.4. The predicted octanol–water partition coefficient (Wildman–Crippen LogP) is 3.30. The molecule has 12 heteroatoms. The van der Waals surface area contributed by atoms with Gasteiger partial charge in [0.25, 0.3) is 5.91 Å². The van der Waals surface area contributed by atoms with E-state index in [2.05, 4.69) is 15.1 Å². The fourth-order valence-corrected chi connectivity index (χ4v) is 4.60.